The SMILES string of the molecule is CCOc1n[nH]c(NS(=O)(=O)c2cncc(Br)c2)n1. The van der Waals surface area contributed by atoms with Crippen LogP contribution in [-0.2, 0) is 10.0 Å². The summed E-state index contributed by atoms with van der Waals surface area (Å²) >= 11 is 3.15. The monoisotopic (exact) mass is 347 g/mol. The Morgan fingerprint density at radius 1 is 1.47 bits per heavy atom. The minimum atomic E-state index is -3.77. The number of nitrogens with zero attached hydrogens (tertiary/aromatic N) is 3. The highest BCUT2D eigenvalue weighted by molar-refractivity contribution is 9.10. The van der Waals surface area contributed by atoms with Crippen LogP contribution in [0.25, 0.3) is 0 Å². The van der Waals surface area contributed by atoms with Gasteiger partial charge in [-0.15, -0.1) is 5.10 Å². The number of rotatable bonds is 5. The molecule has 0 bridgehead atoms. The summed E-state index contributed by atoms with van der Waals surface area (Å²) in [5.41, 5.74) is 0. The van der Waals surface area contributed by atoms with Gasteiger partial charge in [0.25, 0.3) is 10.0 Å². The number of hydrogen-bond donors (Lipinski definition) is 2. The summed E-state index contributed by atoms with van der Waals surface area (Å²) in [7, 11) is -3.77. The highest BCUT2D eigenvalue weighted by Gasteiger charge is 2.17. The fourth-order valence-corrected chi connectivity index (χ4v) is 2.67. The van der Waals surface area contributed by atoms with E-state index < -0.39 is 10.0 Å². The second-order valence-electron chi connectivity index (χ2n) is 3.34. The third-order valence-corrected chi connectivity index (χ3v) is 3.70. The summed E-state index contributed by atoms with van der Waals surface area (Å²) in [4.78, 5) is 7.62. The highest BCUT2D eigenvalue weighted by Crippen LogP contribution is 2.17. The molecule has 8 nitrogen and oxygen atoms in total. The normalized spacial score (nSPS) is 11.3. The van der Waals surface area contributed by atoms with E-state index in [4.69, 9.17) is 4.74 Å². The predicted octanol–water partition coefficient (Wildman–Crippen LogP) is 1.16. The molecule has 0 aliphatic heterocycles. The van der Waals surface area contributed by atoms with Gasteiger partial charge in [-0.2, -0.15) is 4.98 Å². The molecule has 0 amide bonds. The lowest BCUT2D eigenvalue weighted by molar-refractivity contribution is 0.314. The van der Waals surface area contributed by atoms with Gasteiger partial charge in [0.2, 0.25) is 5.95 Å². The van der Waals surface area contributed by atoms with Gasteiger partial charge in [-0.1, -0.05) is 0 Å². The van der Waals surface area contributed by atoms with Gasteiger partial charge in [0.05, 0.1) is 6.61 Å². The number of anilines is 1. The Balaban J connectivity index is 2.21. The van der Waals surface area contributed by atoms with E-state index in [0.29, 0.717) is 11.1 Å². The molecule has 2 aromatic heterocycles. The number of sulfonamides is 1. The molecule has 2 aromatic rings. The number of H-pyrrole nitrogens is 1. The van der Waals surface area contributed by atoms with Crippen LogP contribution in [0.4, 0.5) is 5.95 Å². The van der Waals surface area contributed by atoms with Gasteiger partial charge in [0.15, 0.2) is 0 Å². The molecule has 0 unspecified atom stereocenters. The fraction of sp³-hybridized carbons (Fsp3) is 0.222. The van der Waals surface area contributed by atoms with Crippen LogP contribution in [0.1, 0.15) is 6.92 Å². The first-order valence-corrected chi connectivity index (χ1v) is 7.47. The number of halogens is 1. The molecule has 0 spiro atoms. The van der Waals surface area contributed by atoms with Crippen molar-refractivity contribution in [2.45, 2.75) is 11.8 Å². The van der Waals surface area contributed by atoms with E-state index >= 15 is 0 Å². The molecule has 2 heterocycles. The molecule has 0 aliphatic carbocycles. The molecule has 0 radical (unpaired) electrons. The quantitative estimate of drug-likeness (QED) is 0.839. The van der Waals surface area contributed by atoms with Gasteiger partial charge in [0, 0.05) is 16.9 Å². The molecule has 0 saturated carbocycles. The molecule has 2 rings (SSSR count). The molecule has 0 aliphatic rings. The Morgan fingerprint density at radius 2 is 2.26 bits per heavy atom. The molecular formula is C9H10BrN5O3S. The van der Waals surface area contributed by atoms with Crippen LogP contribution in [0, 0.1) is 0 Å². The van der Waals surface area contributed by atoms with Crippen LogP contribution in [-0.4, -0.2) is 35.2 Å². The van der Waals surface area contributed by atoms with E-state index in [9.17, 15) is 8.42 Å². The fourth-order valence-electron chi connectivity index (χ4n) is 1.21. The Morgan fingerprint density at radius 3 is 2.95 bits per heavy atom. The molecule has 0 fully saturated rings. The Hall–Kier alpha value is -1.68. The number of nitrogens with one attached hydrogen (secondary N) is 2. The van der Waals surface area contributed by atoms with E-state index in [-0.39, 0.29) is 16.9 Å². The van der Waals surface area contributed by atoms with Crippen molar-refractivity contribution in [2.24, 2.45) is 0 Å². The lowest BCUT2D eigenvalue weighted by Gasteiger charge is -2.04. The summed E-state index contributed by atoms with van der Waals surface area (Å²) in [6, 6.07) is 1.50. The van der Waals surface area contributed by atoms with E-state index in [1.165, 1.54) is 18.5 Å². The van der Waals surface area contributed by atoms with Gasteiger partial charge in [-0.25, -0.2) is 18.2 Å². The minimum absolute atomic E-state index is 0.0104. The van der Waals surface area contributed by atoms with Crippen molar-refractivity contribution < 1.29 is 13.2 Å². The molecule has 102 valence electrons. The van der Waals surface area contributed by atoms with Crippen molar-refractivity contribution in [3.05, 3.63) is 22.9 Å². The maximum absolute atomic E-state index is 12.0. The molecular weight excluding hydrogens is 338 g/mol. The smallest absolute Gasteiger partial charge is 0.337 e. The number of aromatic amines is 1. The predicted molar refractivity (Wildman–Crippen MR) is 70.3 cm³/mol. The Labute approximate surface area is 117 Å². The third-order valence-electron chi connectivity index (χ3n) is 1.96. The standard InChI is InChI=1S/C9H10BrN5O3S/c1-2-18-9-12-8(13-14-9)15-19(16,17)7-3-6(10)4-11-5-7/h3-5H,2H2,1H3,(H2,12,13,14,15). The van der Waals surface area contributed by atoms with E-state index in [1.807, 2.05) is 0 Å². The van der Waals surface area contributed by atoms with Crippen molar-refractivity contribution >= 4 is 31.9 Å². The van der Waals surface area contributed by atoms with Crippen LogP contribution in [0.15, 0.2) is 27.8 Å². The van der Waals surface area contributed by atoms with Crippen molar-refractivity contribution in [3.8, 4) is 6.01 Å². The highest BCUT2D eigenvalue weighted by atomic mass is 79.9. The van der Waals surface area contributed by atoms with E-state index in [0.717, 1.165) is 0 Å². The first-order chi connectivity index (χ1) is 9.01. The average Bonchev–Trinajstić information content (AvgIpc) is 2.76. The first-order valence-electron chi connectivity index (χ1n) is 5.20. The molecule has 2 N–H and O–H groups in total. The van der Waals surface area contributed by atoms with Crippen LogP contribution in [0.2, 0.25) is 0 Å². The summed E-state index contributed by atoms with van der Waals surface area (Å²) in [5, 5.41) is 6.11. The zero-order valence-corrected chi connectivity index (χ0v) is 12.2. The topological polar surface area (TPSA) is 110 Å². The maximum Gasteiger partial charge on any atom is 0.337 e. The molecule has 19 heavy (non-hydrogen) atoms. The lowest BCUT2D eigenvalue weighted by atomic mass is 10.5. The van der Waals surface area contributed by atoms with Crippen LogP contribution in [0.3, 0.4) is 0 Å². The summed E-state index contributed by atoms with van der Waals surface area (Å²) < 4.78 is 31.9. The Bertz CT molecular complexity index is 672. The number of ether oxygens (including phenoxy) is 1. The van der Waals surface area contributed by atoms with Crippen molar-refractivity contribution in [1.82, 2.24) is 20.2 Å². The van der Waals surface area contributed by atoms with Crippen molar-refractivity contribution in [1.29, 1.82) is 0 Å². The second kappa shape index (κ2) is 5.53. The maximum atomic E-state index is 12.0. The minimum Gasteiger partial charge on any atom is -0.463 e. The summed E-state index contributed by atoms with van der Waals surface area (Å²) in [5.74, 6) is -0.0246. The van der Waals surface area contributed by atoms with Crippen molar-refractivity contribution in [3.63, 3.8) is 0 Å². The summed E-state index contributed by atoms with van der Waals surface area (Å²) in [6.07, 6.45) is 2.72. The van der Waals surface area contributed by atoms with Gasteiger partial charge in [0.1, 0.15) is 4.90 Å². The molecule has 10 heteroatoms. The average molecular weight is 348 g/mol. The molecule has 0 aromatic carbocycles. The lowest BCUT2D eigenvalue weighted by Crippen LogP contribution is -2.14. The van der Waals surface area contributed by atoms with Crippen LogP contribution >= 0.6 is 15.9 Å². The van der Waals surface area contributed by atoms with Gasteiger partial charge >= 0.3 is 6.01 Å². The number of hydrogen-bond acceptors (Lipinski definition) is 6. The van der Waals surface area contributed by atoms with E-state index in [1.54, 1.807) is 6.92 Å². The van der Waals surface area contributed by atoms with E-state index in [2.05, 4.69) is 40.8 Å². The second-order valence-corrected chi connectivity index (χ2v) is 5.94. The van der Waals surface area contributed by atoms with Crippen LogP contribution in [0.5, 0.6) is 6.01 Å². The Kier molecular flexibility index (Phi) is 4.00. The first kappa shape index (κ1) is 13.7. The van der Waals surface area contributed by atoms with Gasteiger partial charge < -0.3 is 4.74 Å². The molecule has 0 saturated heterocycles. The summed E-state index contributed by atoms with van der Waals surface area (Å²) in [6.45, 7) is 2.16. The molecule has 0 atom stereocenters. The number of pyridine rings is 1. The number of aromatic nitrogens is 4. The zero-order chi connectivity index (χ0) is 13.9. The third kappa shape index (κ3) is 3.41. The van der Waals surface area contributed by atoms with Crippen molar-refractivity contribution in [2.75, 3.05) is 11.3 Å². The van der Waals surface area contributed by atoms with Gasteiger partial charge in [-0.05, 0) is 28.9 Å². The van der Waals surface area contributed by atoms with Gasteiger partial charge in [-0.3, -0.25) is 4.98 Å². The zero-order valence-electron chi connectivity index (χ0n) is 9.79. The van der Waals surface area contributed by atoms with Crippen LogP contribution < -0.4 is 9.46 Å². The largest absolute Gasteiger partial charge is 0.463 e.